The van der Waals surface area contributed by atoms with Gasteiger partial charge in [-0.05, 0) is 19.9 Å². The van der Waals surface area contributed by atoms with Crippen LogP contribution in [0.3, 0.4) is 0 Å². The number of aliphatic hydroxyl groups is 1. The van der Waals surface area contributed by atoms with Crippen molar-refractivity contribution in [3.8, 4) is 0 Å². The van der Waals surface area contributed by atoms with E-state index in [0.29, 0.717) is 10.5 Å². The van der Waals surface area contributed by atoms with Crippen LogP contribution < -0.4 is 15.3 Å². The second-order valence-electron chi connectivity index (χ2n) is 7.06. The van der Waals surface area contributed by atoms with E-state index in [1.165, 1.54) is 19.2 Å². The predicted molar refractivity (Wildman–Crippen MR) is 132 cm³/mol. The molecule has 1 amide bonds. The number of β-amino-alcohol motifs (C(OH)–C–C–N with tert-alkyl or cyclic N) is 1. The number of hydroxylamine groups is 1. The first kappa shape index (κ1) is 16.1. The number of amides is 1. The van der Waals surface area contributed by atoms with Gasteiger partial charge < -0.3 is 20.5 Å². The zero-order valence-electron chi connectivity index (χ0n) is 26.1. The fraction of sp³-hybridized carbons (Fsp3) is 0.364. The first-order valence-electron chi connectivity index (χ1n) is 14.0. The Labute approximate surface area is 217 Å². The number of piperazine rings is 1. The number of nitrogens with one attached hydrogen (secondary N) is 2. The second-order valence-corrected chi connectivity index (χ2v) is 8.50. The van der Waals surface area contributed by atoms with Gasteiger partial charge in [-0.1, -0.05) is 35.1 Å². The number of hydrogen-bond donors (Lipinski definition) is 3. The number of rotatable bonds is 7. The molecule has 4 rings (SSSR count). The first-order chi connectivity index (χ1) is 19.4. The molecule has 0 radical (unpaired) electrons. The Morgan fingerprint density at radius 3 is 2.79 bits per heavy atom. The Hall–Kier alpha value is -2.67. The van der Waals surface area contributed by atoms with Gasteiger partial charge in [-0.2, -0.15) is 0 Å². The van der Waals surface area contributed by atoms with Crippen molar-refractivity contribution in [1.29, 1.82) is 0 Å². The lowest BCUT2D eigenvalue weighted by atomic mass is 10.2. The molecule has 1 fully saturated rings. The summed E-state index contributed by atoms with van der Waals surface area (Å²) >= 11 is 6.95. The quantitative estimate of drug-likeness (QED) is 0.408. The van der Waals surface area contributed by atoms with Crippen molar-refractivity contribution in [1.82, 2.24) is 19.9 Å². The molecule has 1 unspecified atom stereocenters. The van der Waals surface area contributed by atoms with E-state index in [1.54, 1.807) is 19.1 Å². The minimum Gasteiger partial charge on any atom is -0.621 e. The zero-order valence-corrected chi connectivity index (χ0v) is 19.7. The maximum Gasteiger partial charge on any atom is 0.361 e. The Morgan fingerprint density at radius 2 is 2.09 bits per heavy atom. The van der Waals surface area contributed by atoms with Crippen molar-refractivity contribution in [2.24, 2.45) is 0 Å². The molecular formula is C22H26ClN7O3S. The van der Waals surface area contributed by atoms with Crippen molar-refractivity contribution in [2.45, 2.75) is 13.8 Å². The smallest absolute Gasteiger partial charge is 0.361 e. The standard InChI is InChI=1S/C22H26ClN7O3S/c1-14-4-3-5-16(23)20(14)30(33)21(32)17-13-24-22(34-17)27-18-12-19(26-15(2)25-18)29-8-6-28(7-9-29)10-11-31/h3-5,12-13,30-31H,6-11H2,1-2H3,(H,24,25,26,27)/i6D2,7D2,8D2,9D2. The minimum absolute atomic E-state index is 0.00209. The second kappa shape index (κ2) is 10.7. The molecule has 1 aliphatic rings. The summed E-state index contributed by atoms with van der Waals surface area (Å²) in [4.78, 5) is 25.8. The minimum atomic E-state index is -3.19. The molecule has 1 saturated heterocycles. The average molecular weight is 512 g/mol. The van der Waals surface area contributed by atoms with Crippen LogP contribution in [0.15, 0.2) is 30.5 Å². The highest BCUT2D eigenvalue weighted by Gasteiger charge is 2.24. The van der Waals surface area contributed by atoms with Crippen LogP contribution in [0.1, 0.15) is 32.0 Å². The largest absolute Gasteiger partial charge is 0.621 e. The Bertz CT molecular complexity index is 1460. The number of hydrogen-bond acceptors (Lipinski definition) is 10. The van der Waals surface area contributed by atoms with Crippen molar-refractivity contribution in [3.05, 3.63) is 57.0 Å². The average Bonchev–Trinajstić information content (AvgIpc) is 3.33. The van der Waals surface area contributed by atoms with Gasteiger partial charge in [0.05, 0.1) is 18.3 Å². The van der Waals surface area contributed by atoms with Crippen molar-refractivity contribution in [2.75, 3.05) is 49.4 Å². The third-order valence-corrected chi connectivity index (χ3v) is 5.82. The summed E-state index contributed by atoms with van der Waals surface area (Å²) in [5, 5.41) is 24.4. The van der Waals surface area contributed by atoms with Crippen LogP contribution >= 0.6 is 22.9 Å². The van der Waals surface area contributed by atoms with Crippen LogP contribution in [0.25, 0.3) is 0 Å². The normalized spacial score (nSPS) is 24.8. The number of aromatic nitrogens is 3. The highest BCUT2D eigenvalue weighted by Crippen LogP contribution is 2.26. The highest BCUT2D eigenvalue weighted by molar-refractivity contribution is 7.17. The van der Waals surface area contributed by atoms with E-state index in [1.807, 2.05) is 0 Å². The van der Waals surface area contributed by atoms with Crippen LogP contribution in [0.4, 0.5) is 22.5 Å². The molecule has 0 bridgehead atoms. The number of benzene rings is 1. The van der Waals surface area contributed by atoms with Gasteiger partial charge in [0, 0.05) is 49.6 Å². The molecule has 12 heteroatoms. The topological polar surface area (TPSA) is 122 Å². The number of carbonyl (C=O) groups excluding carboxylic acids is 1. The molecule has 0 spiro atoms. The molecule has 3 N–H and O–H groups in total. The van der Waals surface area contributed by atoms with Crippen LogP contribution in [0.5, 0.6) is 0 Å². The lowest BCUT2D eigenvalue weighted by Crippen LogP contribution is -3.05. The van der Waals surface area contributed by atoms with Gasteiger partial charge in [0.2, 0.25) is 0 Å². The number of thiazole rings is 1. The number of aliphatic hydroxyl groups excluding tert-OH is 1. The van der Waals surface area contributed by atoms with Gasteiger partial charge >= 0.3 is 5.91 Å². The third-order valence-electron chi connectivity index (χ3n) is 4.59. The van der Waals surface area contributed by atoms with Gasteiger partial charge in [0.25, 0.3) is 0 Å². The number of para-hydroxylation sites is 1. The van der Waals surface area contributed by atoms with E-state index in [2.05, 4.69) is 20.3 Å². The van der Waals surface area contributed by atoms with Crippen LogP contribution in [0.2, 0.25) is 5.02 Å². The van der Waals surface area contributed by atoms with Gasteiger partial charge in [-0.25, -0.2) is 19.7 Å². The molecule has 34 heavy (non-hydrogen) atoms. The molecule has 0 aliphatic carbocycles. The van der Waals surface area contributed by atoms with E-state index in [-0.39, 0.29) is 37.3 Å². The molecule has 2 aromatic heterocycles. The molecule has 1 aliphatic heterocycles. The monoisotopic (exact) mass is 511 g/mol. The van der Waals surface area contributed by atoms with E-state index in [4.69, 9.17) is 22.6 Å². The molecule has 10 nitrogen and oxygen atoms in total. The first-order valence-corrected chi connectivity index (χ1v) is 11.2. The molecule has 180 valence electrons. The Balaban J connectivity index is 1.67. The number of aryl methyl sites for hydroxylation is 2. The SMILES string of the molecule is [2H]C1([2H])N(CCO)C([2H])([2H])C([2H])([2H])N(c2cc(Nc3ncc(C(=O)[NH+]([O-])c4c(C)cccc4Cl)s3)nc(C)n2)C1([2H])[2H]. The lowest BCUT2D eigenvalue weighted by Gasteiger charge is -2.35. The number of nitrogens with zero attached hydrogens (tertiary/aromatic N) is 5. The fourth-order valence-electron chi connectivity index (χ4n) is 3.02. The summed E-state index contributed by atoms with van der Waals surface area (Å²) in [6.45, 7) is -11.0. The summed E-state index contributed by atoms with van der Waals surface area (Å²) in [5.41, 5.74) is 0.601. The summed E-state index contributed by atoms with van der Waals surface area (Å²) < 4.78 is 67.7. The van der Waals surface area contributed by atoms with Crippen molar-refractivity contribution < 1.29 is 25.9 Å². The predicted octanol–water partition coefficient (Wildman–Crippen LogP) is 1.92. The molecule has 1 aromatic carbocycles. The summed E-state index contributed by atoms with van der Waals surface area (Å²) in [6.07, 6.45) is 1.18. The third kappa shape index (κ3) is 5.52. The number of quaternary nitrogens is 1. The van der Waals surface area contributed by atoms with Crippen molar-refractivity contribution >= 4 is 51.3 Å². The lowest BCUT2D eigenvalue weighted by molar-refractivity contribution is -0.679. The molecular weight excluding hydrogens is 478 g/mol. The maximum atomic E-state index is 12.9. The van der Waals surface area contributed by atoms with Crippen LogP contribution in [0, 0.1) is 19.1 Å². The summed E-state index contributed by atoms with van der Waals surface area (Å²) in [6, 6.07) is 5.88. The molecule has 1 atom stereocenters. The fourth-order valence-corrected chi connectivity index (χ4v) is 4.09. The zero-order chi connectivity index (χ0) is 31.4. The maximum absolute atomic E-state index is 12.9. The molecule has 3 heterocycles. The number of anilines is 3. The molecule has 0 saturated carbocycles. The van der Waals surface area contributed by atoms with E-state index in [9.17, 15) is 15.1 Å². The Morgan fingerprint density at radius 1 is 1.32 bits per heavy atom. The van der Waals surface area contributed by atoms with Crippen LogP contribution in [-0.4, -0.2) is 70.0 Å². The summed E-state index contributed by atoms with van der Waals surface area (Å²) in [5.74, 6) is -1.38. The van der Waals surface area contributed by atoms with Crippen molar-refractivity contribution in [3.63, 3.8) is 0 Å². The van der Waals surface area contributed by atoms with E-state index < -0.39 is 55.9 Å². The van der Waals surface area contributed by atoms with Crippen LogP contribution in [-0.2, 0) is 0 Å². The molecule has 3 aromatic rings. The summed E-state index contributed by atoms with van der Waals surface area (Å²) in [7, 11) is 0. The van der Waals surface area contributed by atoms with E-state index >= 15 is 0 Å². The number of carbonyl (C=O) groups is 1. The van der Waals surface area contributed by atoms with E-state index in [0.717, 1.165) is 17.4 Å². The van der Waals surface area contributed by atoms with Gasteiger partial charge in [-0.15, -0.1) is 0 Å². The van der Waals surface area contributed by atoms with Gasteiger partial charge in [0.1, 0.15) is 22.5 Å². The highest BCUT2D eigenvalue weighted by atomic mass is 35.5. The number of halogens is 1. The Kier molecular flexibility index (Phi) is 5.07. The van der Waals surface area contributed by atoms with Gasteiger partial charge in [-0.3, -0.25) is 9.96 Å². The van der Waals surface area contributed by atoms with Gasteiger partial charge in [0.15, 0.2) is 15.7 Å².